The Bertz CT molecular complexity index is 737. The summed E-state index contributed by atoms with van der Waals surface area (Å²) in [5, 5.41) is 6.03. The fourth-order valence-electron chi connectivity index (χ4n) is 4.77. The molecule has 0 bridgehead atoms. The third-order valence-corrected chi connectivity index (χ3v) is 6.30. The summed E-state index contributed by atoms with van der Waals surface area (Å²) < 4.78 is 14.9. The van der Waals surface area contributed by atoms with Crippen molar-refractivity contribution in [1.82, 2.24) is 10.2 Å². The Hall–Kier alpha value is -1.66. The Labute approximate surface area is 171 Å². The maximum Gasteiger partial charge on any atom is 0.228 e. The Kier molecular flexibility index (Phi) is 6.94. The van der Waals surface area contributed by atoms with E-state index >= 15 is 0 Å². The van der Waals surface area contributed by atoms with Gasteiger partial charge in [0, 0.05) is 31.5 Å². The monoisotopic (exact) mass is 409 g/mol. The van der Waals surface area contributed by atoms with Gasteiger partial charge in [0.15, 0.2) is 0 Å². The van der Waals surface area contributed by atoms with Gasteiger partial charge in [-0.25, -0.2) is 4.39 Å². The summed E-state index contributed by atoms with van der Waals surface area (Å²) in [5.41, 5.74) is 1.90. The van der Waals surface area contributed by atoms with E-state index in [2.05, 4.69) is 10.6 Å². The number of nitrogens with zero attached hydrogens (tertiary/aromatic N) is 1. The smallest absolute Gasteiger partial charge is 0.228 e. The molecule has 2 aliphatic heterocycles. The molecule has 1 aromatic rings. The zero-order valence-corrected chi connectivity index (χ0v) is 17.0. The second-order valence-corrected chi connectivity index (χ2v) is 8.01. The van der Waals surface area contributed by atoms with Crippen LogP contribution in [-0.4, -0.2) is 36.3 Å². The Morgan fingerprint density at radius 2 is 1.79 bits per heavy atom. The van der Waals surface area contributed by atoms with E-state index in [0.29, 0.717) is 24.9 Å². The number of likely N-dealkylation sites (tertiary alicyclic amines) is 1. The fraction of sp³-hybridized carbons (Fsp3) is 0.619. The van der Waals surface area contributed by atoms with Crippen molar-refractivity contribution < 1.29 is 14.0 Å². The van der Waals surface area contributed by atoms with Gasteiger partial charge in [-0.3, -0.25) is 9.59 Å². The number of benzene rings is 1. The summed E-state index contributed by atoms with van der Waals surface area (Å²) in [6.45, 7) is 3.01. The number of carbonyl (C=O) groups excluding carboxylic acids is 2. The molecule has 28 heavy (non-hydrogen) atoms. The lowest BCUT2D eigenvalue weighted by Gasteiger charge is -2.32. The largest absolute Gasteiger partial charge is 0.342 e. The van der Waals surface area contributed by atoms with Crippen LogP contribution < -0.4 is 10.6 Å². The summed E-state index contributed by atoms with van der Waals surface area (Å²) >= 11 is 0. The molecule has 1 aliphatic carbocycles. The summed E-state index contributed by atoms with van der Waals surface area (Å²) in [6, 6.07) is 3.53. The molecule has 3 aliphatic rings. The van der Waals surface area contributed by atoms with Crippen molar-refractivity contribution in [3.05, 3.63) is 29.1 Å². The molecule has 0 radical (unpaired) electrons. The van der Waals surface area contributed by atoms with Crippen LogP contribution in [0.5, 0.6) is 0 Å². The Morgan fingerprint density at radius 1 is 1.07 bits per heavy atom. The van der Waals surface area contributed by atoms with E-state index in [1.807, 2.05) is 11.0 Å². The second-order valence-electron chi connectivity index (χ2n) is 8.01. The van der Waals surface area contributed by atoms with Crippen LogP contribution >= 0.6 is 12.4 Å². The minimum atomic E-state index is -0.357. The Balaban J connectivity index is 0.00000225. The van der Waals surface area contributed by atoms with Crippen molar-refractivity contribution in [1.29, 1.82) is 0 Å². The maximum atomic E-state index is 14.9. The number of hydrogen-bond donors (Lipinski definition) is 2. The van der Waals surface area contributed by atoms with Crippen LogP contribution in [0, 0.1) is 17.7 Å². The van der Waals surface area contributed by atoms with E-state index in [9.17, 15) is 14.0 Å². The molecule has 2 heterocycles. The van der Waals surface area contributed by atoms with Gasteiger partial charge in [-0.15, -0.1) is 12.4 Å². The van der Waals surface area contributed by atoms with Gasteiger partial charge < -0.3 is 15.5 Å². The lowest BCUT2D eigenvalue weighted by molar-refractivity contribution is -0.141. The van der Waals surface area contributed by atoms with Crippen LogP contribution in [0.2, 0.25) is 0 Å². The van der Waals surface area contributed by atoms with Crippen LogP contribution in [0.1, 0.15) is 49.7 Å². The second kappa shape index (κ2) is 9.23. The van der Waals surface area contributed by atoms with Gasteiger partial charge in [0.1, 0.15) is 5.82 Å². The average Bonchev–Trinajstić information content (AvgIpc) is 3.24. The third kappa shape index (κ3) is 4.18. The molecule has 1 saturated carbocycles. The Morgan fingerprint density at radius 3 is 2.54 bits per heavy atom. The van der Waals surface area contributed by atoms with Crippen LogP contribution in [0.15, 0.2) is 12.1 Å². The predicted octanol–water partition coefficient (Wildman–Crippen LogP) is 3.26. The standard InChI is InChI=1S/C21H28FN3O2.ClH/c22-19-15-9-10-23-13-14(15)7-8-18(19)24-20(26)16-5-1-2-6-17(16)21(27)25-11-3-4-12-25;/h7-8,16-17,23H,1-6,9-13H2,(H,24,26);1H. The van der Waals surface area contributed by atoms with Gasteiger partial charge in [0.05, 0.1) is 5.69 Å². The van der Waals surface area contributed by atoms with Crippen molar-refractivity contribution in [2.75, 3.05) is 25.0 Å². The van der Waals surface area contributed by atoms with E-state index in [1.54, 1.807) is 6.07 Å². The maximum absolute atomic E-state index is 14.9. The number of halogens is 2. The van der Waals surface area contributed by atoms with Gasteiger partial charge in [-0.1, -0.05) is 18.9 Å². The highest BCUT2D eigenvalue weighted by atomic mass is 35.5. The summed E-state index contributed by atoms with van der Waals surface area (Å²) in [6.07, 6.45) is 6.10. The van der Waals surface area contributed by atoms with Crippen LogP contribution in [0.4, 0.5) is 10.1 Å². The first-order chi connectivity index (χ1) is 13.1. The number of nitrogens with one attached hydrogen (secondary N) is 2. The molecule has 2 unspecified atom stereocenters. The van der Waals surface area contributed by atoms with Crippen molar-refractivity contribution in [2.24, 2.45) is 11.8 Å². The molecule has 0 spiro atoms. The summed E-state index contributed by atoms with van der Waals surface area (Å²) in [5.74, 6) is -1.03. The zero-order valence-electron chi connectivity index (χ0n) is 16.1. The molecule has 0 aromatic heterocycles. The lowest BCUT2D eigenvalue weighted by Crippen LogP contribution is -2.42. The molecule has 1 saturated heterocycles. The normalized spacial score (nSPS) is 24.2. The van der Waals surface area contributed by atoms with E-state index in [1.165, 1.54) is 0 Å². The van der Waals surface area contributed by atoms with Crippen molar-refractivity contribution in [2.45, 2.75) is 51.5 Å². The number of hydrogen-bond acceptors (Lipinski definition) is 3. The van der Waals surface area contributed by atoms with Crippen molar-refractivity contribution in [3.63, 3.8) is 0 Å². The number of amides is 2. The first-order valence-electron chi connectivity index (χ1n) is 10.3. The van der Waals surface area contributed by atoms with E-state index < -0.39 is 0 Å². The highest BCUT2D eigenvalue weighted by Crippen LogP contribution is 2.34. The van der Waals surface area contributed by atoms with Gasteiger partial charge in [0.2, 0.25) is 11.8 Å². The van der Waals surface area contributed by atoms with Crippen LogP contribution in [-0.2, 0) is 22.6 Å². The molecule has 7 heteroatoms. The highest BCUT2D eigenvalue weighted by molar-refractivity contribution is 5.96. The van der Waals surface area contributed by atoms with Gasteiger partial charge >= 0.3 is 0 Å². The van der Waals surface area contributed by atoms with E-state index in [-0.39, 0.29) is 47.6 Å². The number of fused-ring (bicyclic) bond motifs is 1. The summed E-state index contributed by atoms with van der Waals surface area (Å²) in [7, 11) is 0. The third-order valence-electron chi connectivity index (χ3n) is 6.30. The van der Waals surface area contributed by atoms with E-state index in [4.69, 9.17) is 0 Å². The average molecular weight is 410 g/mol. The molecule has 5 nitrogen and oxygen atoms in total. The molecule has 2 N–H and O–H groups in total. The molecular formula is C21H29ClFN3O2. The first kappa shape index (κ1) is 21.1. The minimum Gasteiger partial charge on any atom is -0.342 e. The first-order valence-corrected chi connectivity index (χ1v) is 10.3. The number of anilines is 1. The number of rotatable bonds is 3. The van der Waals surface area contributed by atoms with Gasteiger partial charge in [-0.2, -0.15) is 0 Å². The summed E-state index contributed by atoms with van der Waals surface area (Å²) in [4.78, 5) is 27.8. The molecule has 2 amide bonds. The topological polar surface area (TPSA) is 61.4 Å². The van der Waals surface area contributed by atoms with Crippen molar-refractivity contribution in [3.8, 4) is 0 Å². The predicted molar refractivity (Wildman–Crippen MR) is 109 cm³/mol. The molecular weight excluding hydrogens is 381 g/mol. The molecule has 1 aromatic carbocycles. The quantitative estimate of drug-likeness (QED) is 0.805. The number of carbonyl (C=O) groups is 2. The molecule has 2 atom stereocenters. The lowest BCUT2D eigenvalue weighted by atomic mass is 9.77. The zero-order chi connectivity index (χ0) is 18.8. The minimum absolute atomic E-state index is 0. The van der Waals surface area contributed by atoms with Crippen LogP contribution in [0.3, 0.4) is 0 Å². The van der Waals surface area contributed by atoms with E-state index in [0.717, 1.165) is 57.3 Å². The SMILES string of the molecule is Cl.O=C(Nc1ccc2c(c1F)CCNC2)C1CCCCC1C(=O)N1CCCC1. The van der Waals surface area contributed by atoms with Gasteiger partial charge in [-0.05, 0) is 55.8 Å². The van der Waals surface area contributed by atoms with Crippen molar-refractivity contribution >= 4 is 29.9 Å². The molecule has 4 rings (SSSR count). The van der Waals surface area contributed by atoms with Crippen LogP contribution in [0.25, 0.3) is 0 Å². The molecule has 154 valence electrons. The molecule has 2 fully saturated rings. The van der Waals surface area contributed by atoms with Gasteiger partial charge in [0.25, 0.3) is 0 Å². The fourth-order valence-corrected chi connectivity index (χ4v) is 4.77. The highest BCUT2D eigenvalue weighted by Gasteiger charge is 2.38.